The van der Waals surface area contributed by atoms with Gasteiger partial charge in [-0.25, -0.2) is 5.43 Å². The molecule has 11 heavy (non-hydrogen) atoms. The van der Waals surface area contributed by atoms with Gasteiger partial charge in [-0.05, 0) is 12.5 Å². The maximum atomic E-state index is 9.56. The molecule has 0 aliphatic rings. The molecule has 1 atom stereocenters. The molecule has 1 aromatic carbocycles. The van der Waals surface area contributed by atoms with Gasteiger partial charge in [0.15, 0.2) is 5.72 Å². The summed E-state index contributed by atoms with van der Waals surface area (Å²) in [6.45, 7) is 1.60. The second kappa shape index (κ2) is 3.00. The van der Waals surface area contributed by atoms with Crippen LogP contribution < -0.4 is 11.3 Å². The highest BCUT2D eigenvalue weighted by atomic mass is 16.3. The largest absolute Gasteiger partial charge is 0.371 e. The maximum Gasteiger partial charge on any atom is 0.151 e. The molecule has 0 aliphatic carbocycles. The number of hydrazine groups is 1. The number of hydrogen-bond donors (Lipinski definition) is 3. The molecule has 0 saturated carbocycles. The summed E-state index contributed by atoms with van der Waals surface area (Å²) in [5.74, 6) is 5.14. The third-order valence-electron chi connectivity index (χ3n) is 1.62. The molecule has 0 aromatic heterocycles. The molecule has 4 N–H and O–H groups in total. The molecule has 0 fully saturated rings. The minimum Gasteiger partial charge on any atom is -0.371 e. The van der Waals surface area contributed by atoms with Crippen LogP contribution in [0.3, 0.4) is 0 Å². The zero-order valence-electron chi connectivity index (χ0n) is 6.41. The molecule has 0 saturated heterocycles. The highest BCUT2D eigenvalue weighted by Crippen LogP contribution is 2.14. The number of benzene rings is 1. The van der Waals surface area contributed by atoms with Gasteiger partial charge in [0.1, 0.15) is 0 Å². The average Bonchev–Trinajstić information content (AvgIpc) is 2.06. The van der Waals surface area contributed by atoms with Crippen LogP contribution in [0, 0.1) is 0 Å². The first-order chi connectivity index (χ1) is 5.17. The van der Waals surface area contributed by atoms with Gasteiger partial charge >= 0.3 is 0 Å². The summed E-state index contributed by atoms with van der Waals surface area (Å²) in [5.41, 5.74) is 1.93. The van der Waals surface area contributed by atoms with Crippen LogP contribution in [-0.4, -0.2) is 5.11 Å². The van der Waals surface area contributed by atoms with Crippen molar-refractivity contribution in [1.29, 1.82) is 0 Å². The van der Waals surface area contributed by atoms with Crippen molar-refractivity contribution >= 4 is 0 Å². The quantitative estimate of drug-likeness (QED) is 0.325. The van der Waals surface area contributed by atoms with E-state index in [0.717, 1.165) is 5.56 Å². The van der Waals surface area contributed by atoms with E-state index in [4.69, 9.17) is 5.84 Å². The van der Waals surface area contributed by atoms with Gasteiger partial charge < -0.3 is 5.11 Å². The van der Waals surface area contributed by atoms with Crippen LogP contribution in [0.2, 0.25) is 0 Å². The number of rotatable bonds is 2. The molecule has 0 amide bonds. The fourth-order valence-electron chi connectivity index (χ4n) is 0.846. The number of aliphatic hydroxyl groups is 1. The van der Waals surface area contributed by atoms with Crippen molar-refractivity contribution in [2.24, 2.45) is 5.84 Å². The van der Waals surface area contributed by atoms with Crippen LogP contribution in [0.5, 0.6) is 0 Å². The average molecular weight is 152 g/mol. The van der Waals surface area contributed by atoms with Gasteiger partial charge in [0.2, 0.25) is 0 Å². The fraction of sp³-hybridized carbons (Fsp3) is 0.250. The number of hydrogen-bond acceptors (Lipinski definition) is 3. The van der Waals surface area contributed by atoms with Crippen molar-refractivity contribution in [3.05, 3.63) is 35.9 Å². The smallest absolute Gasteiger partial charge is 0.151 e. The normalized spacial score (nSPS) is 15.9. The Morgan fingerprint density at radius 1 is 1.36 bits per heavy atom. The Hall–Kier alpha value is -0.900. The predicted octanol–water partition coefficient (Wildman–Crippen LogP) is 0.315. The number of nitrogens with two attached hydrogens (primary N) is 1. The molecular weight excluding hydrogens is 140 g/mol. The molecule has 60 valence electrons. The SMILES string of the molecule is C[C@](O)(NN)c1ccccc1. The van der Waals surface area contributed by atoms with E-state index < -0.39 is 5.72 Å². The molecule has 0 heterocycles. The molecule has 0 bridgehead atoms. The van der Waals surface area contributed by atoms with Crippen LogP contribution in [-0.2, 0) is 5.72 Å². The maximum absolute atomic E-state index is 9.56. The van der Waals surface area contributed by atoms with Crippen LogP contribution in [0.1, 0.15) is 12.5 Å². The lowest BCUT2D eigenvalue weighted by molar-refractivity contribution is 0.0200. The first kappa shape index (κ1) is 8.20. The molecule has 0 radical (unpaired) electrons. The lowest BCUT2D eigenvalue weighted by Crippen LogP contribution is -2.43. The summed E-state index contributed by atoms with van der Waals surface area (Å²) in [4.78, 5) is 0. The summed E-state index contributed by atoms with van der Waals surface area (Å²) in [7, 11) is 0. The first-order valence-electron chi connectivity index (χ1n) is 3.42. The van der Waals surface area contributed by atoms with E-state index in [0.29, 0.717) is 0 Å². The second-order valence-corrected chi connectivity index (χ2v) is 2.58. The third-order valence-corrected chi connectivity index (χ3v) is 1.62. The van der Waals surface area contributed by atoms with Crippen molar-refractivity contribution in [1.82, 2.24) is 5.43 Å². The Kier molecular flexibility index (Phi) is 2.24. The standard InChI is InChI=1S/C8H12N2O/c1-8(11,10-9)7-5-3-2-4-6-7/h2-6,10-11H,9H2,1H3/t8-/m1/s1. The van der Waals surface area contributed by atoms with Crippen molar-refractivity contribution in [2.75, 3.05) is 0 Å². The summed E-state index contributed by atoms with van der Waals surface area (Å²) in [6, 6.07) is 9.19. The van der Waals surface area contributed by atoms with E-state index in [1.807, 2.05) is 18.2 Å². The van der Waals surface area contributed by atoms with Gasteiger partial charge in [-0.3, -0.25) is 5.84 Å². The van der Waals surface area contributed by atoms with E-state index >= 15 is 0 Å². The fourth-order valence-corrected chi connectivity index (χ4v) is 0.846. The summed E-state index contributed by atoms with van der Waals surface area (Å²) >= 11 is 0. The molecule has 0 spiro atoms. The molecule has 0 aliphatic heterocycles. The molecule has 1 aromatic rings. The van der Waals surface area contributed by atoms with Gasteiger partial charge in [0, 0.05) is 0 Å². The van der Waals surface area contributed by atoms with Crippen molar-refractivity contribution < 1.29 is 5.11 Å². The zero-order valence-corrected chi connectivity index (χ0v) is 6.41. The molecule has 3 nitrogen and oxygen atoms in total. The molecule has 1 rings (SSSR count). The third kappa shape index (κ3) is 1.77. The van der Waals surface area contributed by atoms with Gasteiger partial charge in [-0.1, -0.05) is 30.3 Å². The van der Waals surface area contributed by atoms with Crippen molar-refractivity contribution in [3.8, 4) is 0 Å². The monoisotopic (exact) mass is 152 g/mol. The van der Waals surface area contributed by atoms with E-state index in [-0.39, 0.29) is 0 Å². The Morgan fingerprint density at radius 2 is 1.91 bits per heavy atom. The Labute approximate surface area is 65.8 Å². The van der Waals surface area contributed by atoms with Gasteiger partial charge in [0.05, 0.1) is 0 Å². The van der Waals surface area contributed by atoms with Crippen LogP contribution in [0.25, 0.3) is 0 Å². The predicted molar refractivity (Wildman–Crippen MR) is 43.3 cm³/mol. The Balaban J connectivity index is 2.93. The highest BCUT2D eigenvalue weighted by molar-refractivity contribution is 5.20. The summed E-state index contributed by atoms with van der Waals surface area (Å²) < 4.78 is 0. The molecule has 3 heteroatoms. The van der Waals surface area contributed by atoms with E-state index in [1.165, 1.54) is 0 Å². The topological polar surface area (TPSA) is 58.3 Å². The lowest BCUT2D eigenvalue weighted by atomic mass is 10.1. The van der Waals surface area contributed by atoms with Crippen LogP contribution >= 0.6 is 0 Å². The number of nitrogens with one attached hydrogen (secondary N) is 1. The van der Waals surface area contributed by atoms with Crippen LogP contribution in [0.4, 0.5) is 0 Å². The summed E-state index contributed by atoms with van der Waals surface area (Å²) in [6.07, 6.45) is 0. The lowest BCUT2D eigenvalue weighted by Gasteiger charge is -2.21. The Bertz CT molecular complexity index is 221. The van der Waals surface area contributed by atoms with E-state index in [1.54, 1.807) is 19.1 Å². The van der Waals surface area contributed by atoms with Crippen molar-refractivity contribution in [3.63, 3.8) is 0 Å². The minimum absolute atomic E-state index is 0.752. The van der Waals surface area contributed by atoms with E-state index in [9.17, 15) is 5.11 Å². The van der Waals surface area contributed by atoms with Crippen LogP contribution in [0.15, 0.2) is 30.3 Å². The Morgan fingerprint density at radius 3 is 2.36 bits per heavy atom. The van der Waals surface area contributed by atoms with E-state index in [2.05, 4.69) is 5.43 Å². The minimum atomic E-state index is -1.14. The zero-order chi connectivity index (χ0) is 8.32. The first-order valence-corrected chi connectivity index (χ1v) is 3.42. The summed E-state index contributed by atoms with van der Waals surface area (Å²) in [5, 5.41) is 9.56. The second-order valence-electron chi connectivity index (χ2n) is 2.58. The van der Waals surface area contributed by atoms with Gasteiger partial charge in [-0.15, -0.1) is 0 Å². The molecular formula is C8H12N2O. The van der Waals surface area contributed by atoms with Gasteiger partial charge in [0.25, 0.3) is 0 Å². The highest BCUT2D eigenvalue weighted by Gasteiger charge is 2.19. The van der Waals surface area contributed by atoms with Gasteiger partial charge in [-0.2, -0.15) is 0 Å². The van der Waals surface area contributed by atoms with Crippen molar-refractivity contribution in [2.45, 2.75) is 12.6 Å². The molecule has 0 unspecified atom stereocenters.